The van der Waals surface area contributed by atoms with Crippen LogP contribution in [0.3, 0.4) is 0 Å². The van der Waals surface area contributed by atoms with Crippen molar-refractivity contribution in [1.29, 1.82) is 0 Å². The van der Waals surface area contributed by atoms with Crippen molar-refractivity contribution in [2.75, 3.05) is 7.11 Å². The van der Waals surface area contributed by atoms with Crippen molar-refractivity contribution >= 4 is 10.0 Å². The molecule has 2 N–H and O–H groups in total. The SMILES string of the molecule is COc1cc(C)c(C)cc1S(=O)(=O)NCc1cc(C)[nH]c1C. The Morgan fingerprint density at radius 3 is 2.27 bits per heavy atom. The topological polar surface area (TPSA) is 71.2 Å². The molecule has 0 amide bonds. The van der Waals surface area contributed by atoms with E-state index < -0.39 is 10.0 Å². The highest BCUT2D eigenvalue weighted by molar-refractivity contribution is 7.89. The van der Waals surface area contributed by atoms with Crippen LogP contribution >= 0.6 is 0 Å². The van der Waals surface area contributed by atoms with Crippen LogP contribution in [-0.2, 0) is 16.6 Å². The molecule has 0 fully saturated rings. The fraction of sp³-hybridized carbons (Fsp3) is 0.375. The molecule has 2 rings (SSSR count). The Kier molecular flexibility index (Phi) is 4.63. The van der Waals surface area contributed by atoms with Gasteiger partial charge in [0.25, 0.3) is 0 Å². The first kappa shape index (κ1) is 16.6. The summed E-state index contributed by atoms with van der Waals surface area (Å²) in [7, 11) is -2.16. The summed E-state index contributed by atoms with van der Waals surface area (Å²) in [6.07, 6.45) is 0. The van der Waals surface area contributed by atoms with Gasteiger partial charge in [0.15, 0.2) is 0 Å². The molecule has 6 heteroatoms. The predicted octanol–water partition coefficient (Wildman–Crippen LogP) is 2.74. The van der Waals surface area contributed by atoms with Crippen LogP contribution in [0.4, 0.5) is 0 Å². The minimum atomic E-state index is -3.64. The van der Waals surface area contributed by atoms with E-state index in [4.69, 9.17) is 4.74 Å². The molecule has 2 aromatic rings. The monoisotopic (exact) mass is 322 g/mol. The largest absolute Gasteiger partial charge is 0.495 e. The molecule has 1 heterocycles. The van der Waals surface area contributed by atoms with Gasteiger partial charge in [-0.05, 0) is 62.6 Å². The van der Waals surface area contributed by atoms with Crippen LogP contribution in [-0.4, -0.2) is 20.5 Å². The molecular weight excluding hydrogens is 300 g/mol. The number of ether oxygens (including phenoxy) is 1. The quantitative estimate of drug-likeness (QED) is 0.889. The first-order valence-corrected chi connectivity index (χ1v) is 8.53. The molecule has 0 unspecified atom stereocenters. The summed E-state index contributed by atoms with van der Waals surface area (Å²) in [6.45, 7) is 7.92. The molecule has 0 aliphatic rings. The number of benzene rings is 1. The molecule has 1 aromatic heterocycles. The van der Waals surface area contributed by atoms with Crippen molar-refractivity contribution in [2.45, 2.75) is 39.1 Å². The van der Waals surface area contributed by atoms with Gasteiger partial charge in [-0.25, -0.2) is 13.1 Å². The minimum absolute atomic E-state index is 0.169. The van der Waals surface area contributed by atoms with Crippen molar-refractivity contribution in [3.8, 4) is 5.75 Å². The molecule has 0 aliphatic heterocycles. The molecule has 0 saturated heterocycles. The van der Waals surface area contributed by atoms with Crippen molar-refractivity contribution in [1.82, 2.24) is 9.71 Å². The Hall–Kier alpha value is -1.79. The summed E-state index contributed by atoms with van der Waals surface area (Å²) < 4.78 is 33.0. The molecule has 0 radical (unpaired) electrons. The Morgan fingerprint density at radius 1 is 1.09 bits per heavy atom. The predicted molar refractivity (Wildman–Crippen MR) is 86.8 cm³/mol. The summed E-state index contributed by atoms with van der Waals surface area (Å²) in [5, 5.41) is 0. The fourth-order valence-corrected chi connectivity index (χ4v) is 3.59. The second kappa shape index (κ2) is 6.14. The smallest absolute Gasteiger partial charge is 0.244 e. The highest BCUT2D eigenvalue weighted by Gasteiger charge is 2.20. The molecular formula is C16H22N2O3S. The van der Waals surface area contributed by atoms with Crippen LogP contribution < -0.4 is 9.46 Å². The number of aryl methyl sites for hydroxylation is 4. The van der Waals surface area contributed by atoms with E-state index in [1.54, 1.807) is 12.1 Å². The number of rotatable bonds is 5. The Morgan fingerprint density at radius 2 is 1.73 bits per heavy atom. The van der Waals surface area contributed by atoms with Crippen LogP contribution in [0.5, 0.6) is 5.75 Å². The molecule has 0 bridgehead atoms. The van der Waals surface area contributed by atoms with Gasteiger partial charge in [-0.2, -0.15) is 0 Å². The zero-order chi connectivity index (χ0) is 16.5. The van der Waals surface area contributed by atoms with Crippen LogP contribution in [0.15, 0.2) is 23.1 Å². The van der Waals surface area contributed by atoms with Gasteiger partial charge in [0.1, 0.15) is 10.6 Å². The fourth-order valence-electron chi connectivity index (χ4n) is 2.35. The maximum Gasteiger partial charge on any atom is 0.244 e. The van der Waals surface area contributed by atoms with Gasteiger partial charge in [-0.15, -0.1) is 0 Å². The average Bonchev–Trinajstić information content (AvgIpc) is 2.77. The number of hydrogen-bond acceptors (Lipinski definition) is 3. The third-order valence-corrected chi connectivity index (χ3v) is 5.20. The van der Waals surface area contributed by atoms with Gasteiger partial charge in [-0.3, -0.25) is 0 Å². The second-order valence-corrected chi connectivity index (χ2v) is 7.25. The third kappa shape index (κ3) is 3.34. The van der Waals surface area contributed by atoms with Crippen LogP contribution in [0.25, 0.3) is 0 Å². The number of sulfonamides is 1. The van der Waals surface area contributed by atoms with Crippen LogP contribution in [0.1, 0.15) is 28.1 Å². The molecule has 0 saturated carbocycles. The minimum Gasteiger partial charge on any atom is -0.495 e. The Labute approximate surface area is 131 Å². The van der Waals surface area contributed by atoms with E-state index in [9.17, 15) is 8.42 Å². The van der Waals surface area contributed by atoms with E-state index in [2.05, 4.69) is 9.71 Å². The Bertz CT molecular complexity index is 792. The lowest BCUT2D eigenvalue weighted by molar-refractivity contribution is 0.401. The summed E-state index contributed by atoms with van der Waals surface area (Å²) >= 11 is 0. The maximum atomic E-state index is 12.6. The average molecular weight is 322 g/mol. The molecule has 1 aromatic carbocycles. The highest BCUT2D eigenvalue weighted by atomic mass is 32.2. The first-order chi connectivity index (χ1) is 10.2. The van der Waals surface area contributed by atoms with E-state index in [0.29, 0.717) is 5.75 Å². The van der Waals surface area contributed by atoms with E-state index in [1.165, 1.54) is 7.11 Å². The summed E-state index contributed by atoms with van der Waals surface area (Å²) in [5.74, 6) is 0.359. The molecule has 120 valence electrons. The summed E-state index contributed by atoms with van der Waals surface area (Å²) in [6, 6.07) is 5.33. The molecule has 5 nitrogen and oxygen atoms in total. The van der Waals surface area contributed by atoms with Gasteiger partial charge in [0.05, 0.1) is 7.11 Å². The van der Waals surface area contributed by atoms with Gasteiger partial charge >= 0.3 is 0 Å². The lowest BCUT2D eigenvalue weighted by atomic mass is 10.1. The lowest BCUT2D eigenvalue weighted by Gasteiger charge is -2.13. The van der Waals surface area contributed by atoms with E-state index in [-0.39, 0.29) is 11.4 Å². The number of methoxy groups -OCH3 is 1. The van der Waals surface area contributed by atoms with Gasteiger partial charge < -0.3 is 9.72 Å². The number of aromatic amines is 1. The molecule has 0 aliphatic carbocycles. The van der Waals surface area contributed by atoms with Gasteiger partial charge in [0.2, 0.25) is 10.0 Å². The van der Waals surface area contributed by atoms with Crippen molar-refractivity contribution < 1.29 is 13.2 Å². The van der Waals surface area contributed by atoms with E-state index in [1.807, 2.05) is 33.8 Å². The van der Waals surface area contributed by atoms with Crippen LogP contribution in [0.2, 0.25) is 0 Å². The zero-order valence-electron chi connectivity index (χ0n) is 13.6. The first-order valence-electron chi connectivity index (χ1n) is 7.04. The summed E-state index contributed by atoms with van der Waals surface area (Å²) in [5.41, 5.74) is 4.81. The van der Waals surface area contributed by atoms with Gasteiger partial charge in [0, 0.05) is 17.9 Å². The second-order valence-electron chi connectivity index (χ2n) is 5.51. The number of aromatic nitrogens is 1. The van der Waals surface area contributed by atoms with Crippen molar-refractivity contribution in [3.05, 3.63) is 46.3 Å². The molecule has 0 atom stereocenters. The lowest BCUT2D eigenvalue weighted by Crippen LogP contribution is -2.24. The Balaban J connectivity index is 2.31. The number of hydrogen-bond donors (Lipinski definition) is 2. The number of H-pyrrole nitrogens is 1. The van der Waals surface area contributed by atoms with Crippen LogP contribution in [0, 0.1) is 27.7 Å². The summed E-state index contributed by atoms with van der Waals surface area (Å²) in [4.78, 5) is 3.33. The van der Waals surface area contributed by atoms with E-state index in [0.717, 1.165) is 28.1 Å². The molecule has 22 heavy (non-hydrogen) atoms. The highest BCUT2D eigenvalue weighted by Crippen LogP contribution is 2.27. The standard InChI is InChI=1S/C16H22N2O3S/c1-10-6-15(21-5)16(7-11(10)2)22(19,20)17-9-14-8-12(3)18-13(14)4/h6-8,17-18H,9H2,1-5H3. The third-order valence-electron chi connectivity index (χ3n) is 3.78. The van der Waals surface area contributed by atoms with Crippen molar-refractivity contribution in [2.24, 2.45) is 0 Å². The van der Waals surface area contributed by atoms with Gasteiger partial charge in [-0.1, -0.05) is 0 Å². The normalized spacial score (nSPS) is 11.7. The van der Waals surface area contributed by atoms with E-state index >= 15 is 0 Å². The maximum absolute atomic E-state index is 12.6. The molecule has 0 spiro atoms. The van der Waals surface area contributed by atoms with Crippen molar-refractivity contribution in [3.63, 3.8) is 0 Å². The zero-order valence-corrected chi connectivity index (χ0v) is 14.4. The number of nitrogens with one attached hydrogen (secondary N) is 2.